The fourth-order valence-corrected chi connectivity index (χ4v) is 8.19. The molecular weight excluding hydrogens is 256 g/mol. The molecule has 0 amide bonds. The van der Waals surface area contributed by atoms with Crippen molar-refractivity contribution in [2.75, 3.05) is 0 Å². The molecule has 0 aromatic heterocycles. The summed E-state index contributed by atoms with van der Waals surface area (Å²) in [7, 11) is 0. The van der Waals surface area contributed by atoms with Crippen molar-refractivity contribution in [3.8, 4) is 0 Å². The fraction of sp³-hybridized carbons (Fsp3) is 0.950. The quantitative estimate of drug-likeness (QED) is 0.585. The zero-order chi connectivity index (χ0) is 15.3. The maximum atomic E-state index is 13.2. The van der Waals surface area contributed by atoms with Crippen LogP contribution in [0.1, 0.15) is 86.0 Å². The molecule has 1 heteroatoms. The van der Waals surface area contributed by atoms with E-state index in [1.165, 1.54) is 38.5 Å². The average Bonchev–Trinajstić information content (AvgIpc) is 2.82. The summed E-state index contributed by atoms with van der Waals surface area (Å²) < 4.78 is 0. The minimum Gasteiger partial charge on any atom is -0.298 e. The Morgan fingerprint density at radius 1 is 0.905 bits per heavy atom. The molecule has 0 aromatic rings. The van der Waals surface area contributed by atoms with Crippen molar-refractivity contribution >= 4 is 5.78 Å². The Bertz CT molecular complexity index is 520. The zero-order valence-electron chi connectivity index (χ0n) is 14.6. The van der Waals surface area contributed by atoms with Gasteiger partial charge in [-0.1, -0.05) is 41.0 Å². The molecule has 0 heterocycles. The molecule has 0 N–H and O–H groups in total. The van der Waals surface area contributed by atoms with Crippen molar-refractivity contribution in [3.63, 3.8) is 0 Å². The van der Waals surface area contributed by atoms with Gasteiger partial charge in [-0.25, -0.2) is 0 Å². The predicted octanol–water partition coefficient (Wildman–Crippen LogP) is 5.38. The maximum Gasteiger partial charge on any atom is 0.145 e. The van der Waals surface area contributed by atoms with Crippen LogP contribution in [0.4, 0.5) is 0 Å². The van der Waals surface area contributed by atoms with E-state index < -0.39 is 0 Å². The van der Waals surface area contributed by atoms with Crippen molar-refractivity contribution in [1.29, 1.82) is 0 Å². The first-order chi connectivity index (χ1) is 9.62. The molecule has 5 unspecified atom stereocenters. The van der Waals surface area contributed by atoms with Crippen LogP contribution in [0.15, 0.2) is 0 Å². The SMILES string of the molecule is CC12CCC3(C1)C(C)(CCC1C(C)(C)CCCC13C)C2=O. The monoisotopic (exact) mass is 288 g/mol. The number of Topliss-reactive ketones (excluding diaryl/α,β-unsaturated/α-hetero) is 1. The molecule has 4 saturated carbocycles. The second-order valence-electron chi connectivity index (χ2n) is 10.3. The van der Waals surface area contributed by atoms with Crippen molar-refractivity contribution in [2.24, 2.45) is 33.0 Å². The number of rotatable bonds is 0. The summed E-state index contributed by atoms with van der Waals surface area (Å²) in [6.45, 7) is 12.2. The standard InChI is InChI=1S/C20H32O/c1-16(2)8-6-9-18(4)14(16)7-10-19(5)15(21)17(3)11-12-20(18,19)13-17/h14H,6-13H2,1-5H3. The highest BCUT2D eigenvalue weighted by Crippen LogP contribution is 2.81. The number of carbonyl (C=O) groups excluding carboxylic acids is 1. The predicted molar refractivity (Wildman–Crippen MR) is 86.0 cm³/mol. The molecule has 4 fully saturated rings. The van der Waals surface area contributed by atoms with E-state index in [4.69, 9.17) is 0 Å². The number of carbonyl (C=O) groups is 1. The van der Waals surface area contributed by atoms with Gasteiger partial charge in [0.2, 0.25) is 0 Å². The number of hydrogen-bond acceptors (Lipinski definition) is 1. The Hall–Kier alpha value is -0.330. The molecule has 0 radical (unpaired) electrons. The van der Waals surface area contributed by atoms with Crippen LogP contribution < -0.4 is 0 Å². The van der Waals surface area contributed by atoms with Crippen LogP contribution in [-0.4, -0.2) is 5.78 Å². The van der Waals surface area contributed by atoms with Crippen LogP contribution in [0.25, 0.3) is 0 Å². The summed E-state index contributed by atoms with van der Waals surface area (Å²) in [6.07, 6.45) is 10.2. The molecule has 1 spiro atoms. The summed E-state index contributed by atoms with van der Waals surface area (Å²) in [5.41, 5.74) is 1.17. The third-order valence-electron chi connectivity index (χ3n) is 9.16. The molecule has 0 saturated heterocycles. The first-order valence-corrected chi connectivity index (χ1v) is 9.16. The van der Waals surface area contributed by atoms with Gasteiger partial charge in [0.15, 0.2) is 0 Å². The molecule has 1 nitrogen and oxygen atoms in total. The zero-order valence-corrected chi connectivity index (χ0v) is 14.6. The highest BCUT2D eigenvalue weighted by Gasteiger charge is 2.77. The van der Waals surface area contributed by atoms with E-state index in [-0.39, 0.29) is 10.8 Å². The maximum absolute atomic E-state index is 13.2. The Balaban J connectivity index is 1.89. The van der Waals surface area contributed by atoms with E-state index in [1.54, 1.807) is 0 Å². The lowest BCUT2D eigenvalue weighted by molar-refractivity contribution is -0.188. The Kier molecular flexibility index (Phi) is 2.44. The van der Waals surface area contributed by atoms with Gasteiger partial charge in [0, 0.05) is 10.8 Å². The number of ketones is 1. The Morgan fingerprint density at radius 2 is 1.62 bits per heavy atom. The normalized spacial score (nSPS) is 58.0. The second kappa shape index (κ2) is 3.60. The second-order valence-corrected chi connectivity index (χ2v) is 10.3. The highest BCUT2D eigenvalue weighted by atomic mass is 16.1. The molecule has 5 atom stereocenters. The van der Waals surface area contributed by atoms with Crippen molar-refractivity contribution < 1.29 is 4.79 Å². The Morgan fingerprint density at radius 3 is 2.33 bits per heavy atom. The van der Waals surface area contributed by atoms with Gasteiger partial charge in [-0.2, -0.15) is 0 Å². The van der Waals surface area contributed by atoms with Crippen LogP contribution in [0.3, 0.4) is 0 Å². The van der Waals surface area contributed by atoms with Gasteiger partial charge in [0.05, 0.1) is 0 Å². The van der Waals surface area contributed by atoms with Crippen molar-refractivity contribution in [2.45, 2.75) is 86.0 Å². The van der Waals surface area contributed by atoms with Gasteiger partial charge in [0.1, 0.15) is 5.78 Å². The fourth-order valence-electron chi connectivity index (χ4n) is 8.19. The summed E-state index contributed by atoms with van der Waals surface area (Å²) in [6, 6.07) is 0. The average molecular weight is 288 g/mol. The van der Waals surface area contributed by atoms with Crippen LogP contribution in [0, 0.1) is 33.0 Å². The summed E-state index contributed by atoms with van der Waals surface area (Å²) in [5.74, 6) is 1.45. The molecule has 0 aromatic carbocycles. The van der Waals surface area contributed by atoms with Crippen molar-refractivity contribution in [1.82, 2.24) is 0 Å². The summed E-state index contributed by atoms with van der Waals surface area (Å²) >= 11 is 0. The molecule has 118 valence electrons. The van der Waals surface area contributed by atoms with E-state index in [1.807, 2.05) is 0 Å². The van der Waals surface area contributed by atoms with Gasteiger partial charge in [-0.05, 0) is 67.1 Å². The van der Waals surface area contributed by atoms with Crippen LogP contribution in [0.2, 0.25) is 0 Å². The van der Waals surface area contributed by atoms with Gasteiger partial charge < -0.3 is 0 Å². The molecule has 0 aliphatic heterocycles. The van der Waals surface area contributed by atoms with Crippen molar-refractivity contribution in [3.05, 3.63) is 0 Å². The third-order valence-corrected chi connectivity index (χ3v) is 9.16. The lowest BCUT2D eigenvalue weighted by Gasteiger charge is -2.66. The largest absolute Gasteiger partial charge is 0.298 e. The first-order valence-electron chi connectivity index (χ1n) is 9.16. The van der Waals surface area contributed by atoms with Gasteiger partial charge in [-0.15, -0.1) is 0 Å². The van der Waals surface area contributed by atoms with Gasteiger partial charge >= 0.3 is 0 Å². The highest BCUT2D eigenvalue weighted by molar-refractivity contribution is 5.94. The van der Waals surface area contributed by atoms with Crippen LogP contribution in [0.5, 0.6) is 0 Å². The number of fused-ring (bicyclic) bond motifs is 2. The minimum absolute atomic E-state index is 0.00817. The first kappa shape index (κ1) is 14.3. The lowest BCUT2D eigenvalue weighted by atomic mass is 9.37. The molecule has 21 heavy (non-hydrogen) atoms. The third kappa shape index (κ3) is 1.30. The molecule has 2 bridgehead atoms. The van der Waals surface area contributed by atoms with Gasteiger partial charge in [-0.3, -0.25) is 4.79 Å². The van der Waals surface area contributed by atoms with Crippen LogP contribution in [-0.2, 0) is 4.79 Å². The molecule has 4 aliphatic carbocycles. The van der Waals surface area contributed by atoms with Crippen LogP contribution >= 0.6 is 0 Å². The molecule has 4 rings (SSSR count). The van der Waals surface area contributed by atoms with E-state index >= 15 is 0 Å². The van der Waals surface area contributed by atoms with E-state index in [0.29, 0.717) is 22.0 Å². The van der Waals surface area contributed by atoms with E-state index in [2.05, 4.69) is 34.6 Å². The smallest absolute Gasteiger partial charge is 0.145 e. The molecule has 4 aliphatic rings. The van der Waals surface area contributed by atoms with E-state index in [9.17, 15) is 4.79 Å². The summed E-state index contributed by atoms with van der Waals surface area (Å²) in [5, 5.41) is 0. The molecular formula is C20H32O. The Labute approximate surface area is 130 Å². The lowest BCUT2D eigenvalue weighted by Crippen LogP contribution is -2.61. The minimum atomic E-state index is -0.0152. The topological polar surface area (TPSA) is 17.1 Å². The number of hydrogen-bond donors (Lipinski definition) is 0. The van der Waals surface area contributed by atoms with Gasteiger partial charge in [0.25, 0.3) is 0 Å². The summed E-state index contributed by atoms with van der Waals surface area (Å²) in [4.78, 5) is 13.2. The van der Waals surface area contributed by atoms with E-state index in [0.717, 1.165) is 18.8 Å².